The van der Waals surface area contributed by atoms with Gasteiger partial charge in [-0.15, -0.1) is 0 Å². The van der Waals surface area contributed by atoms with Gasteiger partial charge in [-0.05, 0) is 55.3 Å². The number of anilines is 2. The van der Waals surface area contributed by atoms with Crippen LogP contribution in [0.25, 0.3) is 0 Å². The van der Waals surface area contributed by atoms with Gasteiger partial charge in [0.2, 0.25) is 0 Å². The molecule has 0 heterocycles. The maximum atomic E-state index is 12.2. The first-order chi connectivity index (χ1) is 9.47. The largest absolute Gasteiger partial charge is 0.378 e. The van der Waals surface area contributed by atoms with Gasteiger partial charge in [0.15, 0.2) is 0 Å². The molecule has 2 radical (unpaired) electrons. The summed E-state index contributed by atoms with van der Waals surface area (Å²) in [6, 6.07) is 13.0. The summed E-state index contributed by atoms with van der Waals surface area (Å²) >= 11 is 0. The van der Waals surface area contributed by atoms with E-state index < -0.39 is 0 Å². The van der Waals surface area contributed by atoms with Crippen molar-refractivity contribution in [3.8, 4) is 0 Å². The number of hydrogen-bond donors (Lipinski definition) is 1. The van der Waals surface area contributed by atoms with Crippen molar-refractivity contribution in [3.63, 3.8) is 0 Å². The number of carbonyl (C=O) groups is 1. The minimum absolute atomic E-state index is 0.160. The highest BCUT2D eigenvalue weighted by Crippen LogP contribution is 2.18. The van der Waals surface area contributed by atoms with Crippen LogP contribution in [0.3, 0.4) is 0 Å². The normalized spacial score (nSPS) is 10.2. The summed E-state index contributed by atoms with van der Waals surface area (Å²) in [5, 5.41) is 2.88. The summed E-state index contributed by atoms with van der Waals surface area (Å²) in [6.45, 7) is 7.74. The quantitative estimate of drug-likeness (QED) is 0.923. The molecule has 0 saturated heterocycles. The summed E-state index contributed by atoms with van der Waals surface area (Å²) in [5.41, 5.74) is 3.95. The van der Waals surface area contributed by atoms with Crippen LogP contribution in [0, 0.1) is 13.8 Å². The van der Waals surface area contributed by atoms with Crippen LogP contribution in [0.15, 0.2) is 42.5 Å². The standard InChI is InChI=1S/C17H18N2O/c1-12-8-9-14(10-13(12)2)17(20)18-15-6-5-7-16(11-15)19(3)4/h2,5-11H,1,3-4H3,(H,18,20). The van der Waals surface area contributed by atoms with E-state index in [9.17, 15) is 4.79 Å². The number of nitrogens with one attached hydrogen (secondary N) is 1. The number of benzene rings is 2. The van der Waals surface area contributed by atoms with Crippen LogP contribution in [0.4, 0.5) is 11.4 Å². The Morgan fingerprint density at radius 3 is 2.55 bits per heavy atom. The molecule has 0 aromatic heterocycles. The first-order valence-electron chi connectivity index (χ1n) is 6.42. The molecule has 0 spiro atoms. The number of hydrogen-bond acceptors (Lipinski definition) is 2. The fraction of sp³-hybridized carbons (Fsp3) is 0.176. The van der Waals surface area contributed by atoms with Gasteiger partial charge in [-0.2, -0.15) is 0 Å². The third kappa shape index (κ3) is 3.18. The zero-order valence-electron chi connectivity index (χ0n) is 12.0. The second kappa shape index (κ2) is 5.78. The molecular formula is C17H18N2O. The number of rotatable bonds is 3. The zero-order chi connectivity index (χ0) is 14.7. The van der Waals surface area contributed by atoms with Crippen LogP contribution in [0.1, 0.15) is 21.5 Å². The van der Waals surface area contributed by atoms with Gasteiger partial charge in [0.1, 0.15) is 0 Å². The van der Waals surface area contributed by atoms with Crippen LogP contribution in [0.5, 0.6) is 0 Å². The molecule has 1 amide bonds. The minimum Gasteiger partial charge on any atom is -0.378 e. The molecule has 3 heteroatoms. The molecule has 2 aromatic carbocycles. The number of amides is 1. The van der Waals surface area contributed by atoms with Crippen molar-refractivity contribution in [2.45, 2.75) is 6.92 Å². The molecule has 102 valence electrons. The lowest BCUT2D eigenvalue weighted by atomic mass is 10.1. The number of aryl methyl sites for hydroxylation is 1. The second-order valence-electron chi connectivity index (χ2n) is 4.97. The Hall–Kier alpha value is -2.29. The van der Waals surface area contributed by atoms with Crippen molar-refractivity contribution in [1.82, 2.24) is 0 Å². The SMILES string of the molecule is [CH]c1cc(C(=O)Nc2cccc(N(C)C)c2)ccc1C. The number of carbonyl (C=O) groups excluding carboxylic acids is 1. The summed E-state index contributed by atoms with van der Waals surface area (Å²) in [4.78, 5) is 14.2. The first kappa shape index (κ1) is 14.1. The highest BCUT2D eigenvalue weighted by Gasteiger charge is 2.07. The van der Waals surface area contributed by atoms with E-state index in [-0.39, 0.29) is 5.91 Å². The summed E-state index contributed by atoms with van der Waals surface area (Å²) in [5.74, 6) is -0.160. The van der Waals surface area contributed by atoms with Gasteiger partial charge in [-0.3, -0.25) is 4.79 Å². The van der Waals surface area contributed by atoms with Crippen LogP contribution in [-0.2, 0) is 0 Å². The van der Waals surface area contributed by atoms with E-state index in [0.717, 1.165) is 16.9 Å². The van der Waals surface area contributed by atoms with Gasteiger partial charge in [-0.25, -0.2) is 0 Å². The lowest BCUT2D eigenvalue weighted by molar-refractivity contribution is 0.102. The highest BCUT2D eigenvalue weighted by atomic mass is 16.1. The van der Waals surface area contributed by atoms with Crippen LogP contribution < -0.4 is 10.2 Å². The van der Waals surface area contributed by atoms with Gasteiger partial charge in [0.25, 0.3) is 5.91 Å². The van der Waals surface area contributed by atoms with Gasteiger partial charge < -0.3 is 10.2 Å². The Balaban J connectivity index is 2.19. The van der Waals surface area contributed by atoms with E-state index in [4.69, 9.17) is 6.92 Å². The van der Waals surface area contributed by atoms with E-state index in [1.54, 1.807) is 12.1 Å². The fourth-order valence-corrected chi connectivity index (χ4v) is 1.85. The Bertz CT molecular complexity index is 633. The zero-order valence-corrected chi connectivity index (χ0v) is 12.0. The molecule has 0 aliphatic carbocycles. The maximum Gasteiger partial charge on any atom is 0.255 e. The van der Waals surface area contributed by atoms with E-state index in [0.29, 0.717) is 11.1 Å². The molecule has 20 heavy (non-hydrogen) atoms. The molecule has 0 atom stereocenters. The predicted molar refractivity (Wildman–Crippen MR) is 83.3 cm³/mol. The number of nitrogens with zero attached hydrogens (tertiary/aromatic N) is 1. The lowest BCUT2D eigenvalue weighted by Gasteiger charge is -2.14. The van der Waals surface area contributed by atoms with Crippen molar-refractivity contribution in [2.75, 3.05) is 24.3 Å². The summed E-state index contributed by atoms with van der Waals surface area (Å²) in [7, 11) is 3.92. The molecule has 0 aliphatic heterocycles. The molecule has 0 saturated carbocycles. The minimum atomic E-state index is -0.160. The molecule has 0 fully saturated rings. The molecule has 0 aliphatic rings. The maximum absolute atomic E-state index is 12.2. The van der Waals surface area contributed by atoms with Crippen LogP contribution in [-0.4, -0.2) is 20.0 Å². The topological polar surface area (TPSA) is 32.3 Å². The van der Waals surface area contributed by atoms with Crippen molar-refractivity contribution in [3.05, 3.63) is 66.1 Å². The van der Waals surface area contributed by atoms with Gasteiger partial charge >= 0.3 is 0 Å². The first-order valence-corrected chi connectivity index (χ1v) is 6.42. The van der Waals surface area contributed by atoms with Crippen LogP contribution in [0.2, 0.25) is 0 Å². The van der Waals surface area contributed by atoms with E-state index in [1.165, 1.54) is 0 Å². The third-order valence-corrected chi connectivity index (χ3v) is 3.16. The van der Waals surface area contributed by atoms with Crippen molar-refractivity contribution < 1.29 is 4.79 Å². The molecule has 3 nitrogen and oxygen atoms in total. The average Bonchev–Trinajstić information content (AvgIpc) is 2.42. The van der Waals surface area contributed by atoms with E-state index >= 15 is 0 Å². The van der Waals surface area contributed by atoms with Crippen molar-refractivity contribution in [1.29, 1.82) is 0 Å². The Labute approximate surface area is 120 Å². The Kier molecular flexibility index (Phi) is 4.08. The molecular weight excluding hydrogens is 248 g/mol. The van der Waals surface area contributed by atoms with Gasteiger partial charge in [0, 0.05) is 31.0 Å². The lowest BCUT2D eigenvalue weighted by Crippen LogP contribution is -2.13. The van der Waals surface area contributed by atoms with E-state index in [1.807, 2.05) is 56.3 Å². The van der Waals surface area contributed by atoms with Gasteiger partial charge in [0.05, 0.1) is 0 Å². The van der Waals surface area contributed by atoms with E-state index in [2.05, 4.69) is 5.32 Å². The summed E-state index contributed by atoms with van der Waals surface area (Å²) in [6.07, 6.45) is 0. The monoisotopic (exact) mass is 266 g/mol. The Morgan fingerprint density at radius 1 is 1.15 bits per heavy atom. The molecule has 0 bridgehead atoms. The highest BCUT2D eigenvalue weighted by molar-refractivity contribution is 6.04. The molecule has 1 N–H and O–H groups in total. The third-order valence-electron chi connectivity index (χ3n) is 3.16. The van der Waals surface area contributed by atoms with Gasteiger partial charge in [-0.1, -0.05) is 12.1 Å². The smallest absolute Gasteiger partial charge is 0.255 e. The van der Waals surface area contributed by atoms with Crippen LogP contribution >= 0.6 is 0 Å². The Morgan fingerprint density at radius 2 is 1.90 bits per heavy atom. The van der Waals surface area contributed by atoms with Crippen molar-refractivity contribution >= 4 is 17.3 Å². The summed E-state index contributed by atoms with van der Waals surface area (Å²) < 4.78 is 0. The van der Waals surface area contributed by atoms with Crippen molar-refractivity contribution in [2.24, 2.45) is 0 Å². The molecule has 2 rings (SSSR count). The average molecular weight is 266 g/mol. The molecule has 2 aromatic rings. The predicted octanol–water partition coefficient (Wildman–Crippen LogP) is 3.37. The second-order valence-corrected chi connectivity index (χ2v) is 4.97. The fourth-order valence-electron chi connectivity index (χ4n) is 1.85. The molecule has 0 unspecified atom stereocenters.